The molecule has 0 saturated carbocycles. The van der Waals surface area contributed by atoms with Crippen LogP contribution < -0.4 is 0 Å². The molecule has 0 unspecified atom stereocenters. The number of hydrogen-bond acceptors (Lipinski definition) is 5. The summed E-state index contributed by atoms with van der Waals surface area (Å²) < 4.78 is 14.9. The lowest BCUT2D eigenvalue weighted by molar-refractivity contribution is -0.162. The van der Waals surface area contributed by atoms with Gasteiger partial charge in [0.15, 0.2) is 5.92 Å². The zero-order valence-corrected chi connectivity index (χ0v) is 10.9. The highest BCUT2D eigenvalue weighted by Crippen LogP contribution is 2.09. The standard InChI is InChI=1S/C12H22O5/c1-4-8-15-9-7-10(11(13)16-5-2)12(14)17-6-3/h10H,4-9H2,1-3H3. The van der Waals surface area contributed by atoms with Crippen LogP contribution in [0.15, 0.2) is 0 Å². The molecule has 0 rings (SSSR count). The quantitative estimate of drug-likeness (QED) is 0.351. The minimum Gasteiger partial charge on any atom is -0.465 e. The first-order valence-electron chi connectivity index (χ1n) is 6.08. The molecule has 0 aromatic heterocycles. The predicted octanol–water partition coefficient (Wildman–Crippen LogP) is 1.55. The number of carbonyl (C=O) groups is 2. The zero-order valence-electron chi connectivity index (χ0n) is 10.9. The van der Waals surface area contributed by atoms with Crippen LogP contribution in [0.2, 0.25) is 0 Å². The summed E-state index contributed by atoms with van der Waals surface area (Å²) in [6, 6.07) is 0. The fourth-order valence-corrected chi connectivity index (χ4v) is 1.27. The van der Waals surface area contributed by atoms with Crippen LogP contribution in [-0.2, 0) is 23.8 Å². The molecule has 0 atom stereocenters. The zero-order chi connectivity index (χ0) is 13.1. The molecule has 0 aliphatic heterocycles. The highest BCUT2D eigenvalue weighted by atomic mass is 16.6. The van der Waals surface area contributed by atoms with Crippen molar-refractivity contribution in [1.82, 2.24) is 0 Å². The van der Waals surface area contributed by atoms with E-state index >= 15 is 0 Å². The first kappa shape index (κ1) is 15.9. The maximum atomic E-state index is 11.5. The molecule has 100 valence electrons. The average Bonchev–Trinajstić information content (AvgIpc) is 2.29. The molecule has 0 spiro atoms. The number of hydrogen-bond donors (Lipinski definition) is 0. The fraction of sp³-hybridized carbons (Fsp3) is 0.833. The van der Waals surface area contributed by atoms with E-state index in [1.807, 2.05) is 6.92 Å². The molecular formula is C12H22O5. The number of rotatable bonds is 9. The summed E-state index contributed by atoms with van der Waals surface area (Å²) in [5.41, 5.74) is 0. The van der Waals surface area contributed by atoms with E-state index in [-0.39, 0.29) is 13.2 Å². The third kappa shape index (κ3) is 6.94. The maximum Gasteiger partial charge on any atom is 0.320 e. The van der Waals surface area contributed by atoms with Crippen LogP contribution in [0.3, 0.4) is 0 Å². The van der Waals surface area contributed by atoms with Gasteiger partial charge in [-0.1, -0.05) is 6.92 Å². The van der Waals surface area contributed by atoms with Crippen molar-refractivity contribution in [3.8, 4) is 0 Å². The average molecular weight is 246 g/mol. The molecule has 0 saturated heterocycles. The molecule has 5 heteroatoms. The van der Waals surface area contributed by atoms with E-state index in [0.717, 1.165) is 6.42 Å². The molecule has 0 bridgehead atoms. The molecule has 17 heavy (non-hydrogen) atoms. The van der Waals surface area contributed by atoms with E-state index < -0.39 is 17.9 Å². The summed E-state index contributed by atoms with van der Waals surface area (Å²) in [4.78, 5) is 23.1. The summed E-state index contributed by atoms with van der Waals surface area (Å²) >= 11 is 0. The van der Waals surface area contributed by atoms with Gasteiger partial charge in [0.25, 0.3) is 0 Å². The Kier molecular flexibility index (Phi) is 9.43. The largest absolute Gasteiger partial charge is 0.465 e. The second-order valence-corrected chi connectivity index (χ2v) is 3.46. The molecule has 0 amide bonds. The van der Waals surface area contributed by atoms with Crippen molar-refractivity contribution < 1.29 is 23.8 Å². The van der Waals surface area contributed by atoms with Crippen molar-refractivity contribution in [2.45, 2.75) is 33.6 Å². The Bertz CT molecular complexity index is 209. The van der Waals surface area contributed by atoms with Crippen LogP contribution in [0, 0.1) is 5.92 Å². The smallest absolute Gasteiger partial charge is 0.320 e. The maximum absolute atomic E-state index is 11.5. The molecule has 0 aromatic rings. The Balaban J connectivity index is 4.19. The number of ether oxygens (including phenoxy) is 3. The van der Waals surface area contributed by atoms with E-state index in [4.69, 9.17) is 14.2 Å². The van der Waals surface area contributed by atoms with Crippen molar-refractivity contribution in [2.75, 3.05) is 26.4 Å². The number of carbonyl (C=O) groups excluding carboxylic acids is 2. The summed E-state index contributed by atoms with van der Waals surface area (Å²) in [5, 5.41) is 0. The Morgan fingerprint density at radius 3 is 1.88 bits per heavy atom. The highest BCUT2D eigenvalue weighted by Gasteiger charge is 2.28. The van der Waals surface area contributed by atoms with Gasteiger partial charge in [0.1, 0.15) is 0 Å². The number of esters is 2. The third-order valence-electron chi connectivity index (χ3n) is 2.04. The van der Waals surface area contributed by atoms with E-state index in [1.54, 1.807) is 13.8 Å². The van der Waals surface area contributed by atoms with Crippen LogP contribution in [0.25, 0.3) is 0 Å². The molecule has 0 aromatic carbocycles. The Morgan fingerprint density at radius 2 is 1.47 bits per heavy atom. The van der Waals surface area contributed by atoms with Gasteiger partial charge in [-0.3, -0.25) is 9.59 Å². The van der Waals surface area contributed by atoms with Crippen LogP contribution in [-0.4, -0.2) is 38.4 Å². The molecular weight excluding hydrogens is 224 g/mol. The molecule has 0 N–H and O–H groups in total. The van der Waals surface area contributed by atoms with Crippen molar-refractivity contribution in [2.24, 2.45) is 5.92 Å². The molecule has 5 nitrogen and oxygen atoms in total. The molecule has 0 aliphatic carbocycles. The van der Waals surface area contributed by atoms with Gasteiger partial charge >= 0.3 is 11.9 Å². The van der Waals surface area contributed by atoms with E-state index in [1.165, 1.54) is 0 Å². The SMILES string of the molecule is CCCOCCC(C(=O)OCC)C(=O)OCC. The second kappa shape index (κ2) is 10.1. The first-order valence-corrected chi connectivity index (χ1v) is 6.08. The van der Waals surface area contributed by atoms with Crippen molar-refractivity contribution in [3.63, 3.8) is 0 Å². The van der Waals surface area contributed by atoms with Gasteiger partial charge in [-0.25, -0.2) is 0 Å². The van der Waals surface area contributed by atoms with Gasteiger partial charge in [-0.2, -0.15) is 0 Å². The summed E-state index contributed by atoms with van der Waals surface area (Å²) in [6.07, 6.45) is 1.21. The van der Waals surface area contributed by atoms with Gasteiger partial charge in [-0.05, 0) is 26.7 Å². The van der Waals surface area contributed by atoms with Gasteiger partial charge in [0, 0.05) is 13.2 Å². The van der Waals surface area contributed by atoms with E-state index in [0.29, 0.717) is 19.6 Å². The van der Waals surface area contributed by atoms with Gasteiger partial charge in [0.05, 0.1) is 13.2 Å². The van der Waals surface area contributed by atoms with E-state index in [9.17, 15) is 9.59 Å². The summed E-state index contributed by atoms with van der Waals surface area (Å²) in [5.74, 6) is -1.94. The van der Waals surface area contributed by atoms with Crippen LogP contribution in [0.4, 0.5) is 0 Å². The predicted molar refractivity (Wildman–Crippen MR) is 62.5 cm³/mol. The van der Waals surface area contributed by atoms with Gasteiger partial charge < -0.3 is 14.2 Å². The minimum absolute atomic E-state index is 0.255. The van der Waals surface area contributed by atoms with Crippen molar-refractivity contribution >= 4 is 11.9 Å². The Morgan fingerprint density at radius 1 is 0.941 bits per heavy atom. The van der Waals surface area contributed by atoms with Crippen molar-refractivity contribution in [1.29, 1.82) is 0 Å². The monoisotopic (exact) mass is 246 g/mol. The summed E-state index contributed by atoms with van der Waals surface area (Å²) in [7, 11) is 0. The summed E-state index contributed by atoms with van der Waals surface area (Å²) in [6.45, 7) is 6.89. The van der Waals surface area contributed by atoms with Gasteiger partial charge in [0.2, 0.25) is 0 Å². The van der Waals surface area contributed by atoms with Crippen LogP contribution >= 0.6 is 0 Å². The minimum atomic E-state index is -0.869. The lowest BCUT2D eigenvalue weighted by Crippen LogP contribution is -2.29. The molecule has 0 aliphatic rings. The Labute approximate surface area is 102 Å². The van der Waals surface area contributed by atoms with Gasteiger partial charge in [-0.15, -0.1) is 0 Å². The third-order valence-corrected chi connectivity index (χ3v) is 2.04. The van der Waals surface area contributed by atoms with Crippen molar-refractivity contribution in [3.05, 3.63) is 0 Å². The van der Waals surface area contributed by atoms with Crippen LogP contribution in [0.5, 0.6) is 0 Å². The Hall–Kier alpha value is -1.10. The lowest BCUT2D eigenvalue weighted by Gasteiger charge is -2.14. The molecule has 0 fully saturated rings. The van der Waals surface area contributed by atoms with E-state index in [2.05, 4.69) is 0 Å². The topological polar surface area (TPSA) is 61.8 Å². The molecule has 0 heterocycles. The first-order chi connectivity index (χ1) is 8.17. The second-order valence-electron chi connectivity index (χ2n) is 3.46. The molecule has 0 radical (unpaired) electrons. The normalized spacial score (nSPS) is 10.4. The van der Waals surface area contributed by atoms with Crippen LogP contribution in [0.1, 0.15) is 33.6 Å². The lowest BCUT2D eigenvalue weighted by atomic mass is 10.1. The highest BCUT2D eigenvalue weighted by molar-refractivity contribution is 5.94. The fourth-order valence-electron chi connectivity index (χ4n) is 1.27.